The molecule has 8 heteroatoms. The van der Waals surface area contributed by atoms with Crippen molar-refractivity contribution >= 4 is 10.1 Å². The van der Waals surface area contributed by atoms with Gasteiger partial charge in [0, 0.05) is 6.54 Å². The van der Waals surface area contributed by atoms with E-state index < -0.39 is 35.5 Å². The number of nitrogens with zero attached hydrogens (tertiary/aromatic N) is 1. The average molecular weight is 200 g/mol. The molecule has 12 heavy (non-hydrogen) atoms. The van der Waals surface area contributed by atoms with Crippen LogP contribution in [0.2, 0.25) is 0 Å². The summed E-state index contributed by atoms with van der Waals surface area (Å²) in [5.74, 6) is 0. The van der Waals surface area contributed by atoms with Gasteiger partial charge in [-0.3, -0.25) is 4.55 Å². The van der Waals surface area contributed by atoms with Crippen LogP contribution < -0.4 is 5.73 Å². The van der Waals surface area contributed by atoms with Crippen molar-refractivity contribution in [3.05, 3.63) is 0 Å². The van der Waals surface area contributed by atoms with Crippen molar-refractivity contribution in [2.24, 2.45) is 5.73 Å². The summed E-state index contributed by atoms with van der Waals surface area (Å²) >= 11 is 0. The van der Waals surface area contributed by atoms with E-state index in [-0.39, 0.29) is 0 Å². The Labute approximate surface area is 70.2 Å². The van der Waals surface area contributed by atoms with Crippen LogP contribution in [0.4, 0.5) is 0 Å². The van der Waals surface area contributed by atoms with Crippen molar-refractivity contribution < 1.29 is 23.2 Å². The van der Waals surface area contributed by atoms with E-state index in [1.807, 2.05) is 0 Å². The van der Waals surface area contributed by atoms with Crippen LogP contribution in [0.5, 0.6) is 0 Å². The molecule has 0 saturated heterocycles. The molecule has 0 fully saturated rings. The fourth-order valence-corrected chi connectivity index (χ4v) is 1.44. The molecule has 0 radical (unpaired) electrons. The largest absolute Gasteiger partial charge is 0.381 e. The average Bonchev–Trinajstić information content (AvgIpc) is 1.97. The summed E-state index contributed by atoms with van der Waals surface area (Å²) in [6.45, 7) is -1.80. The van der Waals surface area contributed by atoms with Crippen LogP contribution in [0.1, 0.15) is 0 Å². The van der Waals surface area contributed by atoms with Gasteiger partial charge in [0.05, 0.1) is 13.5 Å². The van der Waals surface area contributed by atoms with Gasteiger partial charge in [-0.25, -0.2) is 4.90 Å². The van der Waals surface area contributed by atoms with E-state index in [0.29, 0.717) is 4.90 Å². The maximum atomic E-state index is 10.5. The standard InChI is InChI=1S/C4H12N2O5S/c5-1-4(12(9,10)11)6(2-7)3-8/h4,7-8H,1-3,5H2,(H,9,10,11). The van der Waals surface area contributed by atoms with Gasteiger partial charge in [-0.1, -0.05) is 0 Å². The van der Waals surface area contributed by atoms with Gasteiger partial charge >= 0.3 is 0 Å². The first kappa shape index (κ1) is 11.8. The number of aliphatic hydroxyl groups is 2. The monoisotopic (exact) mass is 200 g/mol. The van der Waals surface area contributed by atoms with Gasteiger partial charge in [-0.15, -0.1) is 0 Å². The summed E-state index contributed by atoms with van der Waals surface area (Å²) in [5, 5.41) is 15.6. The van der Waals surface area contributed by atoms with Crippen LogP contribution in [0.3, 0.4) is 0 Å². The highest BCUT2D eigenvalue weighted by atomic mass is 32.2. The van der Waals surface area contributed by atoms with Gasteiger partial charge in [0.15, 0.2) is 5.37 Å². The third-order valence-electron chi connectivity index (χ3n) is 1.32. The van der Waals surface area contributed by atoms with Gasteiger partial charge < -0.3 is 15.9 Å². The molecule has 0 aliphatic carbocycles. The minimum absolute atomic E-state index is 0.403. The molecule has 5 N–H and O–H groups in total. The zero-order chi connectivity index (χ0) is 9.78. The zero-order valence-corrected chi connectivity index (χ0v) is 7.11. The lowest BCUT2D eigenvalue weighted by molar-refractivity contribution is 0.0185. The molecule has 0 amide bonds. The van der Waals surface area contributed by atoms with Crippen LogP contribution in [-0.4, -0.2) is 53.5 Å². The van der Waals surface area contributed by atoms with E-state index in [4.69, 9.17) is 20.5 Å². The first-order valence-corrected chi connectivity index (χ1v) is 4.59. The van der Waals surface area contributed by atoms with Crippen molar-refractivity contribution in [1.29, 1.82) is 0 Å². The lowest BCUT2D eigenvalue weighted by atomic mass is 10.6. The molecule has 0 aromatic heterocycles. The number of nitrogens with two attached hydrogens (primary N) is 1. The van der Waals surface area contributed by atoms with Crippen LogP contribution in [0.25, 0.3) is 0 Å². The highest BCUT2D eigenvalue weighted by Crippen LogP contribution is 2.02. The van der Waals surface area contributed by atoms with Crippen molar-refractivity contribution in [3.63, 3.8) is 0 Å². The predicted octanol–water partition coefficient (Wildman–Crippen LogP) is -2.64. The lowest BCUT2D eigenvalue weighted by Crippen LogP contribution is -2.46. The molecule has 0 aromatic rings. The van der Waals surface area contributed by atoms with Gasteiger partial charge in [0.1, 0.15) is 0 Å². The molecule has 0 aromatic carbocycles. The van der Waals surface area contributed by atoms with Crippen molar-refractivity contribution in [2.45, 2.75) is 5.37 Å². The summed E-state index contributed by atoms with van der Waals surface area (Å²) in [4.78, 5) is 0.704. The number of hydrogen-bond donors (Lipinski definition) is 4. The Hall–Kier alpha value is -0.250. The molecule has 0 spiro atoms. The second-order valence-corrected chi connectivity index (χ2v) is 3.65. The highest BCUT2D eigenvalue weighted by Gasteiger charge is 2.27. The van der Waals surface area contributed by atoms with Crippen LogP contribution in [0, 0.1) is 0 Å². The van der Waals surface area contributed by atoms with Crippen LogP contribution >= 0.6 is 0 Å². The minimum atomic E-state index is -4.36. The quantitative estimate of drug-likeness (QED) is 0.282. The van der Waals surface area contributed by atoms with Gasteiger partial charge in [0.25, 0.3) is 10.1 Å². The SMILES string of the molecule is NCC(N(CO)CO)S(=O)(=O)O. The molecular formula is C4H12N2O5S. The van der Waals surface area contributed by atoms with Crippen LogP contribution in [-0.2, 0) is 10.1 Å². The summed E-state index contributed by atoms with van der Waals surface area (Å²) in [5.41, 5.74) is 5.01. The molecule has 0 aliphatic heterocycles. The Morgan fingerprint density at radius 1 is 1.33 bits per heavy atom. The van der Waals surface area contributed by atoms with E-state index in [1.54, 1.807) is 0 Å². The Bertz CT molecular complexity index is 211. The maximum absolute atomic E-state index is 10.5. The number of rotatable bonds is 5. The van der Waals surface area contributed by atoms with Crippen molar-refractivity contribution in [3.8, 4) is 0 Å². The Morgan fingerprint density at radius 3 is 1.83 bits per heavy atom. The normalized spacial score (nSPS) is 15.1. The van der Waals surface area contributed by atoms with Crippen LogP contribution in [0.15, 0.2) is 0 Å². The highest BCUT2D eigenvalue weighted by molar-refractivity contribution is 7.86. The first-order valence-electron chi connectivity index (χ1n) is 3.09. The Morgan fingerprint density at radius 2 is 1.75 bits per heavy atom. The van der Waals surface area contributed by atoms with E-state index >= 15 is 0 Å². The van der Waals surface area contributed by atoms with Gasteiger partial charge in [-0.2, -0.15) is 8.42 Å². The molecule has 0 saturated carbocycles. The molecule has 7 nitrogen and oxygen atoms in total. The Kier molecular flexibility index (Phi) is 4.60. The molecular weight excluding hydrogens is 188 g/mol. The van der Waals surface area contributed by atoms with Gasteiger partial charge in [0.2, 0.25) is 0 Å². The lowest BCUT2D eigenvalue weighted by Gasteiger charge is -2.23. The molecule has 74 valence electrons. The zero-order valence-electron chi connectivity index (χ0n) is 6.29. The van der Waals surface area contributed by atoms with E-state index in [1.165, 1.54) is 0 Å². The minimum Gasteiger partial charge on any atom is -0.381 e. The second-order valence-electron chi connectivity index (χ2n) is 2.08. The fourth-order valence-electron chi connectivity index (χ4n) is 0.686. The number of aliphatic hydroxyl groups excluding tert-OH is 2. The van der Waals surface area contributed by atoms with Gasteiger partial charge in [-0.05, 0) is 0 Å². The summed E-state index contributed by atoms with van der Waals surface area (Å²) in [6.07, 6.45) is 0. The molecule has 0 heterocycles. The molecule has 1 atom stereocenters. The van der Waals surface area contributed by atoms with Crippen molar-refractivity contribution in [2.75, 3.05) is 20.0 Å². The molecule has 0 bridgehead atoms. The third kappa shape index (κ3) is 3.01. The second kappa shape index (κ2) is 4.70. The third-order valence-corrected chi connectivity index (χ3v) is 2.49. The Balaban J connectivity index is 4.54. The topological polar surface area (TPSA) is 124 Å². The number of hydrogen-bond acceptors (Lipinski definition) is 6. The smallest absolute Gasteiger partial charge is 0.282 e. The summed E-state index contributed by atoms with van der Waals surface area (Å²) < 4.78 is 29.6. The summed E-state index contributed by atoms with van der Waals surface area (Å²) in [6, 6.07) is 0. The fraction of sp³-hybridized carbons (Fsp3) is 1.00. The summed E-state index contributed by atoms with van der Waals surface area (Å²) in [7, 11) is -4.36. The first-order chi connectivity index (χ1) is 5.47. The molecule has 1 unspecified atom stereocenters. The predicted molar refractivity (Wildman–Crippen MR) is 40.4 cm³/mol. The van der Waals surface area contributed by atoms with E-state index in [9.17, 15) is 8.42 Å². The maximum Gasteiger partial charge on any atom is 0.282 e. The molecule has 0 aliphatic rings. The molecule has 0 rings (SSSR count). The van der Waals surface area contributed by atoms with E-state index in [2.05, 4.69) is 0 Å². The van der Waals surface area contributed by atoms with Crippen molar-refractivity contribution in [1.82, 2.24) is 4.90 Å². The van der Waals surface area contributed by atoms with E-state index in [0.717, 1.165) is 0 Å².